The van der Waals surface area contributed by atoms with Crippen LogP contribution in [0.4, 0.5) is 30.2 Å². The van der Waals surface area contributed by atoms with Gasteiger partial charge in [0.1, 0.15) is 5.75 Å². The van der Waals surface area contributed by atoms with E-state index in [9.17, 15) is 34.8 Å². The molecule has 0 spiro atoms. The molecule has 0 aliphatic carbocycles. The number of carbonyl (C=O) groups excluding carboxylic acids is 1. The van der Waals surface area contributed by atoms with Gasteiger partial charge >= 0.3 is 6.18 Å². The smallest absolute Gasteiger partial charge is 0.417 e. The first kappa shape index (κ1) is 28.8. The van der Waals surface area contributed by atoms with Crippen molar-refractivity contribution in [3.8, 4) is 5.75 Å². The summed E-state index contributed by atoms with van der Waals surface area (Å²) in [6.45, 7) is -0.338. The standard InChI is InChI=1S/C23H18Cl2F3N3O6S2/c1-38(33,34)31-12-21(37-20-9-2-13(24)10-19(20)31)22(32)29-14-3-6-16(7-4-14)39(35,36)30-15-5-8-18(25)17(11-15)23(26,27)28/h2-11,21,30H,12H2,1H3,(H,29,32)/t21-/m0/s1. The molecule has 208 valence electrons. The van der Waals surface area contributed by atoms with E-state index in [-0.39, 0.29) is 39.3 Å². The fourth-order valence-electron chi connectivity index (χ4n) is 3.64. The van der Waals surface area contributed by atoms with Gasteiger partial charge in [-0.2, -0.15) is 13.2 Å². The van der Waals surface area contributed by atoms with Crippen LogP contribution in [-0.2, 0) is 31.0 Å². The molecule has 1 aliphatic heterocycles. The summed E-state index contributed by atoms with van der Waals surface area (Å²) in [6.07, 6.45) is -5.06. The second kappa shape index (κ2) is 10.4. The number of carbonyl (C=O) groups is 1. The maximum atomic E-state index is 13.1. The Hall–Kier alpha value is -3.20. The van der Waals surface area contributed by atoms with E-state index >= 15 is 0 Å². The SMILES string of the molecule is CS(=O)(=O)N1C[C@@H](C(=O)Nc2ccc(S(=O)(=O)Nc3ccc(Cl)c(C(F)(F)F)c3)cc2)Oc2ccc(Cl)cc21. The van der Waals surface area contributed by atoms with E-state index in [1.165, 1.54) is 30.3 Å². The molecular formula is C23H18Cl2F3N3O6S2. The lowest BCUT2D eigenvalue weighted by molar-refractivity contribution is -0.137. The van der Waals surface area contributed by atoms with Crippen molar-refractivity contribution >= 4 is 66.2 Å². The highest BCUT2D eigenvalue weighted by Gasteiger charge is 2.36. The fraction of sp³-hybridized carbons (Fsp3) is 0.174. The van der Waals surface area contributed by atoms with E-state index in [1.807, 2.05) is 0 Å². The van der Waals surface area contributed by atoms with E-state index in [2.05, 4.69) is 10.0 Å². The maximum absolute atomic E-state index is 13.1. The zero-order chi connectivity index (χ0) is 28.8. The highest BCUT2D eigenvalue weighted by molar-refractivity contribution is 7.92. The number of hydrogen-bond donors (Lipinski definition) is 2. The molecule has 0 radical (unpaired) electrons. The van der Waals surface area contributed by atoms with Gasteiger partial charge in [0.2, 0.25) is 10.0 Å². The third-order valence-corrected chi connectivity index (χ3v) is 8.55. The first-order valence-electron chi connectivity index (χ1n) is 10.8. The topological polar surface area (TPSA) is 122 Å². The molecule has 0 saturated heterocycles. The first-order chi connectivity index (χ1) is 18.0. The van der Waals surface area contributed by atoms with Gasteiger partial charge in [0.05, 0.1) is 34.0 Å². The zero-order valence-corrected chi connectivity index (χ0v) is 22.8. The molecule has 1 amide bonds. The third kappa shape index (κ3) is 6.52. The van der Waals surface area contributed by atoms with Gasteiger partial charge in [0, 0.05) is 16.4 Å². The van der Waals surface area contributed by atoms with E-state index in [0.717, 1.165) is 34.8 Å². The van der Waals surface area contributed by atoms with Crippen molar-refractivity contribution < 1.29 is 39.5 Å². The van der Waals surface area contributed by atoms with Gasteiger partial charge in [0.15, 0.2) is 6.10 Å². The molecule has 16 heteroatoms. The second-order valence-electron chi connectivity index (χ2n) is 8.32. The minimum atomic E-state index is -4.78. The number of benzene rings is 3. The summed E-state index contributed by atoms with van der Waals surface area (Å²) in [5, 5.41) is 2.21. The third-order valence-electron chi connectivity index (χ3n) is 5.44. The molecule has 39 heavy (non-hydrogen) atoms. The zero-order valence-electron chi connectivity index (χ0n) is 19.7. The summed E-state index contributed by atoms with van der Waals surface area (Å²) < 4.78 is 98.0. The van der Waals surface area contributed by atoms with Crippen molar-refractivity contribution in [3.05, 3.63) is 76.3 Å². The van der Waals surface area contributed by atoms with Crippen LogP contribution in [0.1, 0.15) is 5.56 Å². The Balaban J connectivity index is 1.49. The number of amides is 1. The Morgan fingerprint density at radius 2 is 1.62 bits per heavy atom. The average Bonchev–Trinajstić information content (AvgIpc) is 2.83. The number of fused-ring (bicyclic) bond motifs is 1. The van der Waals surface area contributed by atoms with Gasteiger partial charge in [-0.3, -0.25) is 13.8 Å². The Morgan fingerprint density at radius 3 is 2.23 bits per heavy atom. The van der Waals surface area contributed by atoms with Crippen LogP contribution in [-0.4, -0.2) is 41.6 Å². The molecule has 4 rings (SSSR count). The quantitative estimate of drug-likeness (QED) is 0.399. The maximum Gasteiger partial charge on any atom is 0.417 e. The van der Waals surface area contributed by atoms with Crippen LogP contribution in [0.25, 0.3) is 0 Å². The number of anilines is 3. The molecule has 1 atom stereocenters. The first-order valence-corrected chi connectivity index (χ1v) is 14.9. The minimum absolute atomic E-state index is 0.125. The van der Waals surface area contributed by atoms with Gasteiger partial charge in [-0.1, -0.05) is 23.2 Å². The Labute approximate surface area is 231 Å². The van der Waals surface area contributed by atoms with Crippen LogP contribution in [0, 0.1) is 0 Å². The van der Waals surface area contributed by atoms with Crippen LogP contribution >= 0.6 is 23.2 Å². The van der Waals surface area contributed by atoms with Crippen molar-refractivity contribution in [3.63, 3.8) is 0 Å². The van der Waals surface area contributed by atoms with Crippen molar-refractivity contribution in [1.29, 1.82) is 0 Å². The summed E-state index contributed by atoms with van der Waals surface area (Å²) in [7, 11) is -8.08. The lowest BCUT2D eigenvalue weighted by atomic mass is 10.2. The monoisotopic (exact) mass is 623 g/mol. The van der Waals surface area contributed by atoms with Crippen molar-refractivity contribution in [2.75, 3.05) is 27.1 Å². The van der Waals surface area contributed by atoms with Crippen LogP contribution in [0.3, 0.4) is 0 Å². The molecule has 0 unspecified atom stereocenters. The summed E-state index contributed by atoms with van der Waals surface area (Å²) in [6, 6.07) is 11.6. The van der Waals surface area contributed by atoms with Gasteiger partial charge in [-0.25, -0.2) is 16.8 Å². The Morgan fingerprint density at radius 1 is 0.974 bits per heavy atom. The molecule has 3 aromatic rings. The molecular weight excluding hydrogens is 606 g/mol. The molecule has 0 fully saturated rings. The Kier molecular flexibility index (Phi) is 7.69. The van der Waals surface area contributed by atoms with Gasteiger partial charge in [-0.05, 0) is 60.7 Å². The number of rotatable bonds is 6. The number of sulfonamides is 2. The number of nitrogens with one attached hydrogen (secondary N) is 2. The van der Waals surface area contributed by atoms with E-state index in [1.54, 1.807) is 0 Å². The highest BCUT2D eigenvalue weighted by atomic mass is 35.5. The van der Waals surface area contributed by atoms with Crippen LogP contribution in [0.5, 0.6) is 5.75 Å². The molecule has 0 aromatic heterocycles. The van der Waals surface area contributed by atoms with Crippen LogP contribution < -0.4 is 19.1 Å². The van der Waals surface area contributed by atoms with Crippen molar-refractivity contribution in [2.24, 2.45) is 0 Å². The Bertz CT molecular complexity index is 1650. The molecule has 1 aliphatic rings. The predicted octanol–water partition coefficient (Wildman–Crippen LogP) is 4.98. The molecule has 0 bridgehead atoms. The van der Waals surface area contributed by atoms with Gasteiger partial charge < -0.3 is 10.1 Å². The number of nitrogens with zero attached hydrogens (tertiary/aromatic N) is 1. The van der Waals surface area contributed by atoms with Crippen molar-refractivity contribution in [2.45, 2.75) is 17.2 Å². The molecule has 1 heterocycles. The predicted molar refractivity (Wildman–Crippen MR) is 140 cm³/mol. The number of ether oxygens (including phenoxy) is 1. The average molecular weight is 624 g/mol. The van der Waals surface area contributed by atoms with Crippen molar-refractivity contribution in [1.82, 2.24) is 0 Å². The summed E-state index contributed by atoms with van der Waals surface area (Å²) >= 11 is 11.5. The largest absolute Gasteiger partial charge is 0.476 e. The van der Waals surface area contributed by atoms with Crippen LogP contribution in [0.2, 0.25) is 10.0 Å². The van der Waals surface area contributed by atoms with Gasteiger partial charge in [0.25, 0.3) is 15.9 Å². The highest BCUT2D eigenvalue weighted by Crippen LogP contribution is 2.38. The fourth-order valence-corrected chi connectivity index (χ4v) is 5.98. The number of halogens is 5. The summed E-state index contributed by atoms with van der Waals surface area (Å²) in [5.41, 5.74) is -1.22. The molecule has 9 nitrogen and oxygen atoms in total. The second-order valence-corrected chi connectivity index (χ2v) is 12.8. The van der Waals surface area contributed by atoms with Crippen LogP contribution in [0.15, 0.2) is 65.6 Å². The number of alkyl halides is 3. The number of hydrogen-bond acceptors (Lipinski definition) is 6. The molecule has 2 N–H and O–H groups in total. The van der Waals surface area contributed by atoms with Gasteiger partial charge in [-0.15, -0.1) is 0 Å². The minimum Gasteiger partial charge on any atom is -0.476 e. The van der Waals surface area contributed by atoms with E-state index in [0.29, 0.717) is 6.07 Å². The normalized spacial score (nSPS) is 15.7. The lowest BCUT2D eigenvalue weighted by Gasteiger charge is -2.34. The van der Waals surface area contributed by atoms with E-state index in [4.69, 9.17) is 27.9 Å². The lowest BCUT2D eigenvalue weighted by Crippen LogP contribution is -2.48. The molecule has 3 aromatic carbocycles. The summed E-state index contributed by atoms with van der Waals surface area (Å²) in [5.74, 6) is -0.585. The summed E-state index contributed by atoms with van der Waals surface area (Å²) in [4.78, 5) is 12.6. The molecule has 0 saturated carbocycles. The van der Waals surface area contributed by atoms with E-state index < -0.39 is 48.8 Å².